The maximum absolute atomic E-state index is 12.7. The monoisotopic (exact) mass is 374 g/mol. The van der Waals surface area contributed by atoms with Crippen LogP contribution in [0.3, 0.4) is 0 Å². The van der Waals surface area contributed by atoms with E-state index in [0.717, 1.165) is 0 Å². The van der Waals surface area contributed by atoms with Crippen LogP contribution in [-0.2, 0) is 21.2 Å². The SMILES string of the molecule is O=C1Cc2cc(S(=O)(=O)N3CCC(CO)C3)c(Br)cc2N1. The number of aliphatic hydroxyl groups excluding tert-OH is 1. The number of carbonyl (C=O) groups is 1. The Hall–Kier alpha value is -0.960. The molecule has 1 atom stereocenters. The fourth-order valence-electron chi connectivity index (χ4n) is 2.73. The molecule has 0 aromatic heterocycles. The van der Waals surface area contributed by atoms with Crippen molar-refractivity contribution in [1.29, 1.82) is 0 Å². The summed E-state index contributed by atoms with van der Waals surface area (Å²) in [6, 6.07) is 3.19. The zero-order valence-electron chi connectivity index (χ0n) is 11.2. The summed E-state index contributed by atoms with van der Waals surface area (Å²) in [7, 11) is -3.62. The number of carbonyl (C=O) groups excluding carboxylic acids is 1. The third kappa shape index (κ3) is 2.61. The molecule has 0 spiro atoms. The van der Waals surface area contributed by atoms with E-state index in [9.17, 15) is 13.2 Å². The van der Waals surface area contributed by atoms with E-state index in [0.29, 0.717) is 35.2 Å². The molecule has 2 aliphatic rings. The third-order valence-electron chi connectivity index (χ3n) is 3.91. The Morgan fingerprint density at radius 1 is 1.43 bits per heavy atom. The standard InChI is InChI=1S/C13H15BrN2O4S/c14-10-5-11-9(4-13(18)15-11)3-12(10)21(19,20)16-2-1-8(6-16)7-17/h3,5,8,17H,1-2,4,6-7H2,(H,15,18). The van der Waals surface area contributed by atoms with Crippen LogP contribution in [0.1, 0.15) is 12.0 Å². The summed E-state index contributed by atoms with van der Waals surface area (Å²) in [6.45, 7) is 0.740. The van der Waals surface area contributed by atoms with Gasteiger partial charge in [0.15, 0.2) is 0 Å². The zero-order chi connectivity index (χ0) is 15.2. The molecule has 1 amide bonds. The Balaban J connectivity index is 1.97. The molecule has 3 rings (SSSR count). The molecule has 2 heterocycles. The van der Waals surface area contributed by atoms with Gasteiger partial charge in [-0.3, -0.25) is 4.79 Å². The van der Waals surface area contributed by atoms with Gasteiger partial charge in [-0.15, -0.1) is 0 Å². The van der Waals surface area contributed by atoms with Gasteiger partial charge >= 0.3 is 0 Å². The van der Waals surface area contributed by atoms with E-state index in [1.165, 1.54) is 4.31 Å². The molecule has 8 heteroatoms. The Labute approximate surface area is 131 Å². The number of aliphatic hydroxyl groups is 1. The number of fused-ring (bicyclic) bond motifs is 1. The van der Waals surface area contributed by atoms with E-state index in [4.69, 9.17) is 5.11 Å². The topological polar surface area (TPSA) is 86.7 Å². The van der Waals surface area contributed by atoms with Gasteiger partial charge in [-0.2, -0.15) is 4.31 Å². The maximum Gasteiger partial charge on any atom is 0.244 e. The minimum atomic E-state index is -3.62. The van der Waals surface area contributed by atoms with Gasteiger partial charge in [0.2, 0.25) is 15.9 Å². The van der Waals surface area contributed by atoms with Crippen molar-refractivity contribution >= 4 is 37.5 Å². The summed E-state index contributed by atoms with van der Waals surface area (Å²) in [4.78, 5) is 11.6. The summed E-state index contributed by atoms with van der Waals surface area (Å²) in [5, 5.41) is 11.8. The summed E-state index contributed by atoms with van der Waals surface area (Å²) in [5.74, 6) is -0.135. The summed E-state index contributed by atoms with van der Waals surface area (Å²) < 4.78 is 27.2. The second kappa shape index (κ2) is 5.35. The lowest BCUT2D eigenvalue weighted by Crippen LogP contribution is -2.29. The van der Waals surface area contributed by atoms with E-state index in [1.54, 1.807) is 12.1 Å². The summed E-state index contributed by atoms with van der Waals surface area (Å²) in [6.07, 6.45) is 0.864. The van der Waals surface area contributed by atoms with Crippen LogP contribution in [0, 0.1) is 5.92 Å². The van der Waals surface area contributed by atoms with Gasteiger partial charge in [0.05, 0.1) is 11.3 Å². The van der Waals surface area contributed by atoms with E-state index < -0.39 is 10.0 Å². The first-order valence-electron chi connectivity index (χ1n) is 6.65. The molecule has 2 aliphatic heterocycles. The molecule has 0 bridgehead atoms. The Morgan fingerprint density at radius 2 is 2.19 bits per heavy atom. The van der Waals surface area contributed by atoms with Crippen molar-refractivity contribution < 1.29 is 18.3 Å². The highest BCUT2D eigenvalue weighted by atomic mass is 79.9. The fourth-order valence-corrected chi connectivity index (χ4v) is 5.31. The second-order valence-corrected chi connectivity index (χ2v) is 8.13. The van der Waals surface area contributed by atoms with Crippen molar-refractivity contribution in [3.05, 3.63) is 22.2 Å². The lowest BCUT2D eigenvalue weighted by molar-refractivity contribution is -0.115. The molecular formula is C13H15BrN2O4S. The first kappa shape index (κ1) is 15.0. The van der Waals surface area contributed by atoms with Gasteiger partial charge in [0.1, 0.15) is 0 Å². The largest absolute Gasteiger partial charge is 0.396 e. The Morgan fingerprint density at radius 3 is 2.86 bits per heavy atom. The van der Waals surface area contributed by atoms with Crippen LogP contribution < -0.4 is 5.32 Å². The molecule has 114 valence electrons. The number of sulfonamides is 1. The summed E-state index contributed by atoms with van der Waals surface area (Å²) in [5.41, 5.74) is 1.35. The molecule has 0 saturated carbocycles. The number of nitrogens with one attached hydrogen (secondary N) is 1. The molecular weight excluding hydrogens is 360 g/mol. The first-order chi connectivity index (χ1) is 9.91. The highest BCUT2D eigenvalue weighted by Gasteiger charge is 2.34. The number of rotatable bonds is 3. The first-order valence-corrected chi connectivity index (χ1v) is 8.88. The number of nitrogens with zero attached hydrogens (tertiary/aromatic N) is 1. The zero-order valence-corrected chi connectivity index (χ0v) is 13.6. The van der Waals surface area contributed by atoms with Crippen molar-refractivity contribution in [3.8, 4) is 0 Å². The van der Waals surface area contributed by atoms with E-state index in [1.807, 2.05) is 0 Å². The van der Waals surface area contributed by atoms with Gasteiger partial charge in [0.25, 0.3) is 0 Å². The molecule has 0 radical (unpaired) electrons. The van der Waals surface area contributed by atoms with E-state index in [-0.39, 0.29) is 29.7 Å². The van der Waals surface area contributed by atoms with Gasteiger partial charge in [0, 0.05) is 29.9 Å². The minimum absolute atomic E-state index is 0.00350. The molecule has 1 fully saturated rings. The molecule has 1 aromatic rings. The highest BCUT2D eigenvalue weighted by Crippen LogP contribution is 2.35. The average Bonchev–Trinajstić information content (AvgIpc) is 3.02. The highest BCUT2D eigenvalue weighted by molar-refractivity contribution is 9.10. The quantitative estimate of drug-likeness (QED) is 0.824. The Kier molecular flexibility index (Phi) is 3.81. The number of hydrogen-bond donors (Lipinski definition) is 2. The lowest BCUT2D eigenvalue weighted by atomic mass is 10.1. The van der Waals surface area contributed by atoms with E-state index in [2.05, 4.69) is 21.2 Å². The molecule has 6 nitrogen and oxygen atoms in total. The normalized spacial score (nSPS) is 22.4. The third-order valence-corrected chi connectivity index (χ3v) is 6.73. The summed E-state index contributed by atoms with van der Waals surface area (Å²) >= 11 is 3.28. The van der Waals surface area contributed by atoms with Crippen molar-refractivity contribution in [2.75, 3.05) is 25.0 Å². The molecule has 2 N–H and O–H groups in total. The number of anilines is 1. The van der Waals surface area contributed by atoms with Crippen LogP contribution in [0.2, 0.25) is 0 Å². The van der Waals surface area contributed by atoms with Crippen LogP contribution in [0.4, 0.5) is 5.69 Å². The smallest absolute Gasteiger partial charge is 0.244 e. The van der Waals surface area contributed by atoms with Gasteiger partial charge in [-0.1, -0.05) is 0 Å². The molecule has 21 heavy (non-hydrogen) atoms. The number of amides is 1. The molecule has 1 saturated heterocycles. The van der Waals surface area contributed by atoms with Crippen LogP contribution in [0.5, 0.6) is 0 Å². The van der Waals surface area contributed by atoms with Crippen LogP contribution in [-0.4, -0.2) is 43.4 Å². The van der Waals surface area contributed by atoms with Crippen LogP contribution >= 0.6 is 15.9 Å². The Bertz CT molecular complexity index is 704. The van der Waals surface area contributed by atoms with E-state index >= 15 is 0 Å². The molecule has 0 aliphatic carbocycles. The average molecular weight is 375 g/mol. The van der Waals surface area contributed by atoms with Gasteiger partial charge in [-0.25, -0.2) is 8.42 Å². The number of benzene rings is 1. The molecule has 1 unspecified atom stereocenters. The second-order valence-electron chi connectivity index (χ2n) is 5.37. The van der Waals surface area contributed by atoms with Crippen molar-refractivity contribution in [2.24, 2.45) is 5.92 Å². The van der Waals surface area contributed by atoms with Crippen LogP contribution in [0.15, 0.2) is 21.5 Å². The lowest BCUT2D eigenvalue weighted by Gasteiger charge is -2.18. The van der Waals surface area contributed by atoms with Gasteiger partial charge in [-0.05, 0) is 46.0 Å². The van der Waals surface area contributed by atoms with Crippen LogP contribution in [0.25, 0.3) is 0 Å². The minimum Gasteiger partial charge on any atom is -0.396 e. The van der Waals surface area contributed by atoms with Gasteiger partial charge < -0.3 is 10.4 Å². The molecule has 1 aromatic carbocycles. The van der Waals surface area contributed by atoms with Crippen molar-refractivity contribution in [2.45, 2.75) is 17.7 Å². The van der Waals surface area contributed by atoms with Crippen molar-refractivity contribution in [3.63, 3.8) is 0 Å². The number of hydrogen-bond acceptors (Lipinski definition) is 4. The predicted octanol–water partition coefficient (Wildman–Crippen LogP) is 0.947. The van der Waals surface area contributed by atoms with Crippen molar-refractivity contribution in [1.82, 2.24) is 4.31 Å². The predicted molar refractivity (Wildman–Crippen MR) is 80.4 cm³/mol. The fraction of sp³-hybridized carbons (Fsp3) is 0.462. The number of halogens is 1. The maximum atomic E-state index is 12.7.